The van der Waals surface area contributed by atoms with Gasteiger partial charge in [-0.05, 0) is 64.5 Å². The van der Waals surface area contributed by atoms with Gasteiger partial charge >= 0.3 is 0 Å². The van der Waals surface area contributed by atoms with Crippen LogP contribution >= 0.6 is 0 Å². The molecule has 5 atom stereocenters. The summed E-state index contributed by atoms with van der Waals surface area (Å²) in [5.74, 6) is 2.69. The van der Waals surface area contributed by atoms with E-state index in [-0.39, 0.29) is 0 Å². The highest BCUT2D eigenvalue weighted by Gasteiger charge is 2.29. The first kappa shape index (κ1) is 30.2. The molecule has 3 heteroatoms. The van der Waals surface area contributed by atoms with Gasteiger partial charge in [-0.3, -0.25) is 0 Å². The molecule has 0 aromatic heterocycles. The van der Waals surface area contributed by atoms with E-state index in [1.54, 1.807) is 0 Å². The van der Waals surface area contributed by atoms with Crippen molar-refractivity contribution in [2.45, 2.75) is 173 Å². The SMILES string of the molecule is BC1CCCCCCC(C2CCCCCCC(C)(O)CCCCCN2C)[C@H](C)CCCCCC1. The summed E-state index contributed by atoms with van der Waals surface area (Å²) in [6.07, 6.45) is 29.8. The minimum absolute atomic E-state index is 0.434. The molecule has 2 fully saturated rings. The minimum atomic E-state index is -0.434. The lowest BCUT2D eigenvalue weighted by atomic mass is 9.77. The van der Waals surface area contributed by atoms with Crippen LogP contribution in [0.15, 0.2) is 0 Å². The fourth-order valence-corrected chi connectivity index (χ4v) is 7.06. The molecule has 2 aliphatic rings. The van der Waals surface area contributed by atoms with Crippen molar-refractivity contribution in [3.05, 3.63) is 0 Å². The predicted molar refractivity (Wildman–Crippen MR) is 154 cm³/mol. The van der Waals surface area contributed by atoms with Gasteiger partial charge in [-0.1, -0.05) is 122 Å². The molecule has 0 aromatic rings. The maximum atomic E-state index is 10.7. The molecule has 0 bridgehead atoms. The third-order valence-electron chi connectivity index (χ3n) is 9.57. The molecule has 200 valence electrons. The smallest absolute Gasteiger partial charge is 0.105 e. The molecule has 0 radical (unpaired) electrons. The molecule has 1 saturated carbocycles. The second kappa shape index (κ2) is 17.4. The van der Waals surface area contributed by atoms with E-state index in [9.17, 15) is 5.11 Å². The third-order valence-corrected chi connectivity index (χ3v) is 9.57. The fraction of sp³-hybridized carbons (Fsp3) is 1.00. The highest BCUT2D eigenvalue weighted by molar-refractivity contribution is 6.11. The second-order valence-electron chi connectivity index (χ2n) is 13.0. The van der Waals surface area contributed by atoms with E-state index in [4.69, 9.17) is 0 Å². The van der Waals surface area contributed by atoms with Crippen LogP contribution in [-0.2, 0) is 0 Å². The van der Waals surface area contributed by atoms with Crippen molar-refractivity contribution in [1.29, 1.82) is 0 Å². The van der Waals surface area contributed by atoms with Gasteiger partial charge in [-0.15, -0.1) is 0 Å². The fourth-order valence-electron chi connectivity index (χ4n) is 7.06. The topological polar surface area (TPSA) is 23.5 Å². The maximum absolute atomic E-state index is 10.7. The number of hydrogen-bond donors (Lipinski definition) is 1. The van der Waals surface area contributed by atoms with Crippen LogP contribution in [0, 0.1) is 11.8 Å². The van der Waals surface area contributed by atoms with Gasteiger partial charge in [0.25, 0.3) is 0 Å². The molecule has 1 saturated heterocycles. The first-order chi connectivity index (χ1) is 16.4. The molecule has 2 rings (SSSR count). The molecule has 0 amide bonds. The molecule has 4 unspecified atom stereocenters. The van der Waals surface area contributed by atoms with Crippen LogP contribution in [0.4, 0.5) is 0 Å². The van der Waals surface area contributed by atoms with Crippen molar-refractivity contribution in [2.75, 3.05) is 13.6 Å². The number of hydrogen-bond acceptors (Lipinski definition) is 2. The van der Waals surface area contributed by atoms with Gasteiger partial charge in [0, 0.05) is 6.04 Å². The lowest BCUT2D eigenvalue weighted by Crippen LogP contribution is -2.41. The van der Waals surface area contributed by atoms with E-state index >= 15 is 0 Å². The highest BCUT2D eigenvalue weighted by atomic mass is 16.3. The summed E-state index contributed by atoms with van der Waals surface area (Å²) in [7, 11) is 4.93. The molecule has 1 N–H and O–H groups in total. The number of nitrogens with zero attached hydrogens (tertiary/aromatic N) is 1. The summed E-state index contributed by atoms with van der Waals surface area (Å²) >= 11 is 0. The summed E-state index contributed by atoms with van der Waals surface area (Å²) in [5, 5.41) is 10.7. The zero-order valence-electron chi connectivity index (χ0n) is 24.0. The van der Waals surface area contributed by atoms with Crippen LogP contribution < -0.4 is 0 Å². The van der Waals surface area contributed by atoms with Crippen molar-refractivity contribution >= 4 is 7.85 Å². The maximum Gasteiger partial charge on any atom is 0.105 e. The Balaban J connectivity index is 2.00. The van der Waals surface area contributed by atoms with Crippen molar-refractivity contribution in [3.8, 4) is 0 Å². The minimum Gasteiger partial charge on any atom is -0.390 e. The lowest BCUT2D eigenvalue weighted by molar-refractivity contribution is 0.0355. The Morgan fingerprint density at radius 3 is 1.74 bits per heavy atom. The Hall–Kier alpha value is -0.0151. The first-order valence-electron chi connectivity index (χ1n) is 15.8. The molecule has 2 nitrogen and oxygen atoms in total. The molecular weight excluding hydrogens is 413 g/mol. The van der Waals surface area contributed by atoms with E-state index in [0.717, 1.165) is 36.5 Å². The Morgan fingerprint density at radius 1 is 0.647 bits per heavy atom. The third kappa shape index (κ3) is 12.8. The Bertz CT molecular complexity index is 496. The number of rotatable bonds is 1. The summed E-state index contributed by atoms with van der Waals surface area (Å²) < 4.78 is 0. The van der Waals surface area contributed by atoms with Gasteiger partial charge in [-0.25, -0.2) is 0 Å². The monoisotopic (exact) mass is 475 g/mol. The normalized spacial score (nSPS) is 36.6. The van der Waals surface area contributed by atoms with Crippen LogP contribution in [0.2, 0.25) is 5.82 Å². The van der Waals surface area contributed by atoms with Gasteiger partial charge in [-0.2, -0.15) is 0 Å². The van der Waals surface area contributed by atoms with E-state index in [1.807, 2.05) is 0 Å². The van der Waals surface area contributed by atoms with Gasteiger partial charge in [0.15, 0.2) is 0 Å². The average molecular weight is 476 g/mol. The van der Waals surface area contributed by atoms with Crippen LogP contribution in [0.5, 0.6) is 0 Å². The molecule has 1 aliphatic heterocycles. The standard InChI is InChI=1S/C31H62BNO/c1-27-19-11-4-5-12-20-28(32)21-13-6-7-14-22-29(27)30-23-15-8-9-16-24-31(2,34)25-17-10-18-26-33(30)3/h27-30,34H,4-26,32H2,1-3H3/t27-,28?,29?,30?,31?/m1/s1. The average Bonchev–Trinajstić information content (AvgIpc) is 2.80. The van der Waals surface area contributed by atoms with Gasteiger partial charge < -0.3 is 10.0 Å². The van der Waals surface area contributed by atoms with E-state index in [2.05, 4.69) is 33.6 Å². The van der Waals surface area contributed by atoms with Crippen LogP contribution in [0.25, 0.3) is 0 Å². The zero-order chi connectivity index (χ0) is 24.7. The summed E-state index contributed by atoms with van der Waals surface area (Å²) in [6, 6.07) is 0.775. The van der Waals surface area contributed by atoms with Gasteiger partial charge in [0.1, 0.15) is 7.85 Å². The lowest BCUT2D eigenvalue weighted by Gasteiger charge is -2.39. The molecule has 1 aliphatic carbocycles. The Morgan fingerprint density at radius 2 is 1.12 bits per heavy atom. The van der Waals surface area contributed by atoms with Gasteiger partial charge in [0.05, 0.1) is 5.60 Å². The summed E-state index contributed by atoms with van der Waals surface area (Å²) in [4.78, 5) is 2.78. The zero-order valence-corrected chi connectivity index (χ0v) is 24.0. The van der Waals surface area contributed by atoms with E-state index in [0.29, 0.717) is 0 Å². The molecule has 0 aromatic carbocycles. The molecule has 1 heterocycles. The van der Waals surface area contributed by atoms with Crippen LogP contribution in [-0.4, -0.2) is 43.1 Å². The van der Waals surface area contributed by atoms with Crippen molar-refractivity contribution in [2.24, 2.45) is 11.8 Å². The highest BCUT2D eigenvalue weighted by Crippen LogP contribution is 2.34. The largest absolute Gasteiger partial charge is 0.390 e. The summed E-state index contributed by atoms with van der Waals surface area (Å²) in [6.45, 7) is 5.91. The van der Waals surface area contributed by atoms with Gasteiger partial charge in [0.2, 0.25) is 0 Å². The van der Waals surface area contributed by atoms with Crippen molar-refractivity contribution < 1.29 is 5.11 Å². The van der Waals surface area contributed by atoms with E-state index in [1.165, 1.54) is 135 Å². The Kier molecular flexibility index (Phi) is 15.5. The van der Waals surface area contributed by atoms with Crippen LogP contribution in [0.3, 0.4) is 0 Å². The predicted octanol–water partition coefficient (Wildman–Crippen LogP) is 8.32. The quantitative estimate of drug-likeness (QED) is 0.385. The molecule has 0 spiro atoms. The second-order valence-corrected chi connectivity index (χ2v) is 13.0. The first-order valence-corrected chi connectivity index (χ1v) is 15.8. The van der Waals surface area contributed by atoms with Crippen molar-refractivity contribution in [3.63, 3.8) is 0 Å². The van der Waals surface area contributed by atoms with Crippen LogP contribution in [0.1, 0.15) is 155 Å². The summed E-state index contributed by atoms with van der Waals surface area (Å²) in [5.41, 5.74) is -0.434. The van der Waals surface area contributed by atoms with Crippen molar-refractivity contribution in [1.82, 2.24) is 4.90 Å². The molecule has 34 heavy (non-hydrogen) atoms. The Labute approximate surface area is 215 Å². The molecular formula is C31H62BNO. The van der Waals surface area contributed by atoms with E-state index < -0.39 is 5.60 Å². The number of aliphatic hydroxyl groups is 1.